The molecule has 2 aromatic rings. The smallest absolute Gasteiger partial charge is 0.315 e. The SMILES string of the molecule is COc1cccc(CNC(=O)NCCc2ccc(OC)c(OC)c2)c1. The molecule has 6 nitrogen and oxygen atoms in total. The molecule has 0 heterocycles. The van der Waals surface area contributed by atoms with Crippen molar-refractivity contribution in [2.45, 2.75) is 13.0 Å². The van der Waals surface area contributed by atoms with Gasteiger partial charge >= 0.3 is 6.03 Å². The predicted molar refractivity (Wildman–Crippen MR) is 96.5 cm³/mol. The third-order valence-electron chi connectivity index (χ3n) is 3.73. The van der Waals surface area contributed by atoms with Gasteiger partial charge in [0, 0.05) is 13.1 Å². The molecule has 6 heteroatoms. The summed E-state index contributed by atoms with van der Waals surface area (Å²) in [5, 5.41) is 5.67. The number of urea groups is 1. The minimum absolute atomic E-state index is 0.205. The Hall–Kier alpha value is -2.89. The molecule has 0 spiro atoms. The van der Waals surface area contributed by atoms with Crippen molar-refractivity contribution in [3.63, 3.8) is 0 Å². The van der Waals surface area contributed by atoms with Crippen molar-refractivity contribution < 1.29 is 19.0 Å². The quantitative estimate of drug-likeness (QED) is 0.773. The van der Waals surface area contributed by atoms with Gasteiger partial charge in [-0.15, -0.1) is 0 Å². The fraction of sp³-hybridized carbons (Fsp3) is 0.316. The number of rotatable bonds is 8. The number of ether oxygens (including phenoxy) is 3. The molecule has 2 N–H and O–H groups in total. The van der Waals surface area contributed by atoms with E-state index in [0.717, 1.165) is 16.9 Å². The van der Waals surface area contributed by atoms with E-state index in [1.165, 1.54) is 0 Å². The number of carbonyl (C=O) groups is 1. The van der Waals surface area contributed by atoms with Crippen LogP contribution in [0.4, 0.5) is 4.79 Å². The Morgan fingerprint density at radius 2 is 1.68 bits per heavy atom. The van der Waals surface area contributed by atoms with E-state index < -0.39 is 0 Å². The van der Waals surface area contributed by atoms with Gasteiger partial charge in [0.05, 0.1) is 21.3 Å². The molecule has 0 aliphatic carbocycles. The average Bonchev–Trinajstić information content (AvgIpc) is 2.66. The van der Waals surface area contributed by atoms with E-state index in [-0.39, 0.29) is 6.03 Å². The number of methoxy groups -OCH3 is 3. The van der Waals surface area contributed by atoms with Gasteiger partial charge in [0.25, 0.3) is 0 Å². The van der Waals surface area contributed by atoms with Gasteiger partial charge in [0.2, 0.25) is 0 Å². The van der Waals surface area contributed by atoms with Crippen molar-refractivity contribution in [1.82, 2.24) is 10.6 Å². The van der Waals surface area contributed by atoms with Crippen LogP contribution in [0.25, 0.3) is 0 Å². The predicted octanol–water partition coefficient (Wildman–Crippen LogP) is 2.75. The molecule has 0 aliphatic heterocycles. The van der Waals surface area contributed by atoms with Gasteiger partial charge < -0.3 is 24.8 Å². The van der Waals surface area contributed by atoms with Gasteiger partial charge in [0.15, 0.2) is 11.5 Å². The van der Waals surface area contributed by atoms with Crippen LogP contribution >= 0.6 is 0 Å². The molecular formula is C19H24N2O4. The fourth-order valence-electron chi connectivity index (χ4n) is 2.38. The summed E-state index contributed by atoms with van der Waals surface area (Å²) in [4.78, 5) is 11.9. The number of amides is 2. The van der Waals surface area contributed by atoms with Crippen LogP contribution in [0.2, 0.25) is 0 Å². The lowest BCUT2D eigenvalue weighted by Crippen LogP contribution is -2.36. The minimum Gasteiger partial charge on any atom is -0.497 e. The summed E-state index contributed by atoms with van der Waals surface area (Å²) in [6.07, 6.45) is 0.701. The van der Waals surface area contributed by atoms with Crippen molar-refractivity contribution in [3.05, 3.63) is 53.6 Å². The molecule has 134 valence electrons. The number of benzene rings is 2. The summed E-state index contributed by atoms with van der Waals surface area (Å²) >= 11 is 0. The molecule has 0 radical (unpaired) electrons. The Balaban J connectivity index is 1.76. The Labute approximate surface area is 148 Å². The molecule has 0 atom stereocenters. The Morgan fingerprint density at radius 3 is 2.40 bits per heavy atom. The first kappa shape index (κ1) is 18.4. The average molecular weight is 344 g/mol. The van der Waals surface area contributed by atoms with E-state index in [9.17, 15) is 4.79 Å². The van der Waals surface area contributed by atoms with Crippen LogP contribution < -0.4 is 24.8 Å². The number of nitrogens with one attached hydrogen (secondary N) is 2. The monoisotopic (exact) mass is 344 g/mol. The topological polar surface area (TPSA) is 68.8 Å². The van der Waals surface area contributed by atoms with Crippen molar-refractivity contribution in [3.8, 4) is 17.2 Å². The molecule has 0 bridgehead atoms. The molecular weight excluding hydrogens is 320 g/mol. The van der Waals surface area contributed by atoms with Gasteiger partial charge in [-0.2, -0.15) is 0 Å². The Kier molecular flexibility index (Phi) is 6.95. The van der Waals surface area contributed by atoms with Gasteiger partial charge in [-0.1, -0.05) is 18.2 Å². The second kappa shape index (κ2) is 9.42. The first-order valence-corrected chi connectivity index (χ1v) is 8.01. The standard InChI is InChI=1S/C19H24N2O4/c1-23-16-6-4-5-15(11-16)13-21-19(22)20-10-9-14-7-8-17(24-2)18(12-14)25-3/h4-8,11-12H,9-10,13H2,1-3H3,(H2,20,21,22). The zero-order valence-electron chi connectivity index (χ0n) is 14.8. The molecule has 0 saturated carbocycles. The summed E-state index contributed by atoms with van der Waals surface area (Å²) in [7, 11) is 4.82. The molecule has 2 amide bonds. The first-order valence-electron chi connectivity index (χ1n) is 8.01. The van der Waals surface area contributed by atoms with E-state index in [1.807, 2.05) is 42.5 Å². The van der Waals surface area contributed by atoms with Crippen LogP contribution in [0, 0.1) is 0 Å². The highest BCUT2D eigenvalue weighted by Crippen LogP contribution is 2.27. The van der Waals surface area contributed by atoms with Crippen LogP contribution in [0.1, 0.15) is 11.1 Å². The van der Waals surface area contributed by atoms with Crippen LogP contribution in [-0.2, 0) is 13.0 Å². The lowest BCUT2D eigenvalue weighted by Gasteiger charge is -2.11. The summed E-state index contributed by atoms with van der Waals surface area (Å²) in [6.45, 7) is 0.971. The molecule has 2 rings (SSSR count). The van der Waals surface area contributed by atoms with Crippen LogP contribution in [0.15, 0.2) is 42.5 Å². The van der Waals surface area contributed by atoms with Crippen LogP contribution in [0.5, 0.6) is 17.2 Å². The zero-order chi connectivity index (χ0) is 18.1. The van der Waals surface area contributed by atoms with Crippen molar-refractivity contribution in [2.24, 2.45) is 0 Å². The molecule has 0 aliphatic rings. The van der Waals surface area contributed by atoms with Crippen LogP contribution in [-0.4, -0.2) is 33.9 Å². The second-order valence-electron chi connectivity index (χ2n) is 5.40. The summed E-state index contributed by atoms with van der Waals surface area (Å²) < 4.78 is 15.6. The van der Waals surface area contributed by atoms with Gasteiger partial charge in [0.1, 0.15) is 5.75 Å². The molecule has 0 fully saturated rings. The second-order valence-corrected chi connectivity index (χ2v) is 5.40. The van der Waals surface area contributed by atoms with E-state index in [4.69, 9.17) is 14.2 Å². The molecule has 25 heavy (non-hydrogen) atoms. The summed E-state index contributed by atoms with van der Waals surface area (Å²) in [5.74, 6) is 2.14. The number of carbonyl (C=O) groups excluding carboxylic acids is 1. The highest BCUT2D eigenvalue weighted by molar-refractivity contribution is 5.73. The highest BCUT2D eigenvalue weighted by atomic mass is 16.5. The van der Waals surface area contributed by atoms with Crippen molar-refractivity contribution in [2.75, 3.05) is 27.9 Å². The fourth-order valence-corrected chi connectivity index (χ4v) is 2.38. The van der Waals surface area contributed by atoms with E-state index in [1.54, 1.807) is 21.3 Å². The van der Waals surface area contributed by atoms with Gasteiger partial charge in [-0.05, 0) is 41.8 Å². The zero-order valence-corrected chi connectivity index (χ0v) is 14.8. The van der Waals surface area contributed by atoms with E-state index in [0.29, 0.717) is 31.0 Å². The van der Waals surface area contributed by atoms with Crippen molar-refractivity contribution >= 4 is 6.03 Å². The molecule has 0 unspecified atom stereocenters. The Bertz CT molecular complexity index is 704. The van der Waals surface area contributed by atoms with Gasteiger partial charge in [-0.3, -0.25) is 0 Å². The van der Waals surface area contributed by atoms with Crippen LogP contribution in [0.3, 0.4) is 0 Å². The summed E-state index contributed by atoms with van der Waals surface area (Å²) in [5.41, 5.74) is 2.04. The van der Waals surface area contributed by atoms with Crippen molar-refractivity contribution in [1.29, 1.82) is 0 Å². The minimum atomic E-state index is -0.205. The van der Waals surface area contributed by atoms with Gasteiger partial charge in [-0.25, -0.2) is 4.79 Å². The maximum atomic E-state index is 11.9. The largest absolute Gasteiger partial charge is 0.497 e. The number of hydrogen-bond acceptors (Lipinski definition) is 4. The molecule has 0 aromatic heterocycles. The Morgan fingerprint density at radius 1 is 0.880 bits per heavy atom. The first-order chi connectivity index (χ1) is 12.2. The summed E-state index contributed by atoms with van der Waals surface area (Å²) in [6, 6.07) is 13.1. The van der Waals surface area contributed by atoms with E-state index in [2.05, 4.69) is 10.6 Å². The maximum absolute atomic E-state index is 11.9. The lowest BCUT2D eigenvalue weighted by molar-refractivity contribution is 0.240. The highest BCUT2D eigenvalue weighted by Gasteiger charge is 2.05. The normalized spacial score (nSPS) is 10.0. The molecule has 2 aromatic carbocycles. The number of hydrogen-bond donors (Lipinski definition) is 2. The third kappa shape index (κ3) is 5.60. The van der Waals surface area contributed by atoms with E-state index >= 15 is 0 Å². The lowest BCUT2D eigenvalue weighted by atomic mass is 10.1. The third-order valence-corrected chi connectivity index (χ3v) is 3.73. The maximum Gasteiger partial charge on any atom is 0.315 e. The molecule has 0 saturated heterocycles.